The number of para-hydroxylation sites is 1. The Morgan fingerprint density at radius 1 is 0.971 bits per heavy atom. The molecule has 0 atom stereocenters. The Morgan fingerprint density at radius 2 is 1.68 bits per heavy atom. The molecular formula is C27H19ClN2O3S. The number of hydrogen-bond donors (Lipinski definition) is 1. The van der Waals surface area contributed by atoms with Gasteiger partial charge in [-0.15, -0.1) is 11.3 Å². The summed E-state index contributed by atoms with van der Waals surface area (Å²) in [6.45, 7) is 2.00. The van der Waals surface area contributed by atoms with Crippen molar-refractivity contribution in [3.8, 4) is 11.3 Å². The summed E-state index contributed by atoms with van der Waals surface area (Å²) in [6, 6.07) is 24.1. The van der Waals surface area contributed by atoms with Crippen LogP contribution >= 0.6 is 22.9 Å². The van der Waals surface area contributed by atoms with Gasteiger partial charge < -0.3 is 10.1 Å². The van der Waals surface area contributed by atoms with Gasteiger partial charge in [-0.3, -0.25) is 4.79 Å². The molecule has 5 rings (SSSR count). The number of hydrogen-bond acceptors (Lipinski definition) is 5. The number of thiophene rings is 1. The number of anilines is 1. The van der Waals surface area contributed by atoms with E-state index in [9.17, 15) is 9.59 Å². The van der Waals surface area contributed by atoms with Gasteiger partial charge in [0, 0.05) is 26.1 Å². The first-order valence-electron chi connectivity index (χ1n) is 10.7. The number of ether oxygens (including phenoxy) is 1. The Labute approximate surface area is 205 Å². The molecule has 0 aliphatic heterocycles. The van der Waals surface area contributed by atoms with E-state index in [0.29, 0.717) is 37.7 Å². The van der Waals surface area contributed by atoms with Crippen LogP contribution in [-0.4, -0.2) is 23.5 Å². The van der Waals surface area contributed by atoms with Crippen LogP contribution in [0.4, 0.5) is 5.00 Å². The van der Waals surface area contributed by atoms with Gasteiger partial charge in [-0.2, -0.15) is 0 Å². The van der Waals surface area contributed by atoms with E-state index < -0.39 is 5.97 Å². The number of carbonyl (C=O) groups is 2. The molecule has 7 heteroatoms. The SMILES string of the molecule is CCOC(=O)c1c(NC(=O)c2cc(-c3ccccc3Cl)nc3ccccc23)sc2ccccc12. The van der Waals surface area contributed by atoms with Crippen molar-refractivity contribution in [3.05, 3.63) is 95.0 Å². The molecule has 0 aliphatic rings. The number of nitrogens with zero attached hydrogens (tertiary/aromatic N) is 1. The van der Waals surface area contributed by atoms with E-state index in [1.54, 1.807) is 19.1 Å². The fourth-order valence-electron chi connectivity index (χ4n) is 3.88. The summed E-state index contributed by atoms with van der Waals surface area (Å²) in [5, 5.41) is 5.41. The maximum atomic E-state index is 13.6. The highest BCUT2D eigenvalue weighted by Crippen LogP contribution is 2.37. The van der Waals surface area contributed by atoms with Crippen molar-refractivity contribution in [1.29, 1.82) is 0 Å². The number of nitrogens with one attached hydrogen (secondary N) is 1. The molecule has 3 aromatic carbocycles. The average molecular weight is 487 g/mol. The van der Waals surface area contributed by atoms with E-state index in [0.717, 1.165) is 15.6 Å². The smallest absolute Gasteiger partial charge is 0.341 e. The lowest BCUT2D eigenvalue weighted by molar-refractivity contribution is 0.0530. The van der Waals surface area contributed by atoms with Crippen molar-refractivity contribution < 1.29 is 14.3 Å². The van der Waals surface area contributed by atoms with E-state index in [-0.39, 0.29) is 12.5 Å². The van der Waals surface area contributed by atoms with Crippen molar-refractivity contribution >= 4 is 60.8 Å². The van der Waals surface area contributed by atoms with Crippen molar-refractivity contribution in [2.75, 3.05) is 11.9 Å². The molecular weight excluding hydrogens is 468 g/mol. The highest BCUT2D eigenvalue weighted by molar-refractivity contribution is 7.23. The molecule has 0 saturated carbocycles. The van der Waals surface area contributed by atoms with Crippen LogP contribution in [0.5, 0.6) is 0 Å². The van der Waals surface area contributed by atoms with Gasteiger partial charge in [0.25, 0.3) is 5.91 Å². The number of carbonyl (C=O) groups excluding carboxylic acids is 2. The van der Waals surface area contributed by atoms with E-state index in [1.807, 2.05) is 66.7 Å². The van der Waals surface area contributed by atoms with E-state index >= 15 is 0 Å². The number of aromatic nitrogens is 1. The third-order valence-electron chi connectivity index (χ3n) is 5.41. The van der Waals surface area contributed by atoms with Gasteiger partial charge in [0.2, 0.25) is 0 Å². The minimum Gasteiger partial charge on any atom is -0.462 e. The minimum absolute atomic E-state index is 0.243. The molecule has 0 saturated heterocycles. The van der Waals surface area contributed by atoms with Crippen LogP contribution in [0.2, 0.25) is 5.02 Å². The van der Waals surface area contributed by atoms with Gasteiger partial charge in [-0.1, -0.05) is 66.2 Å². The van der Waals surface area contributed by atoms with Crippen LogP contribution in [0.15, 0.2) is 78.9 Å². The van der Waals surface area contributed by atoms with Gasteiger partial charge in [-0.05, 0) is 31.2 Å². The van der Waals surface area contributed by atoms with E-state index in [2.05, 4.69) is 5.32 Å². The highest BCUT2D eigenvalue weighted by Gasteiger charge is 2.23. The third kappa shape index (κ3) is 4.02. The molecule has 0 aliphatic carbocycles. The van der Waals surface area contributed by atoms with Crippen LogP contribution in [0.25, 0.3) is 32.2 Å². The molecule has 0 unspecified atom stereocenters. The van der Waals surface area contributed by atoms with Crippen LogP contribution < -0.4 is 5.32 Å². The van der Waals surface area contributed by atoms with Crippen molar-refractivity contribution in [2.45, 2.75) is 6.92 Å². The van der Waals surface area contributed by atoms with Crippen LogP contribution in [-0.2, 0) is 4.74 Å². The maximum Gasteiger partial charge on any atom is 0.341 e. The standard InChI is InChI=1S/C27H19ClN2O3S/c1-2-33-27(32)24-18-11-5-8-14-23(18)34-26(24)30-25(31)19-15-22(17-10-3-6-12-20(17)28)29-21-13-7-4-9-16(19)21/h3-15H,2H2,1H3,(H,30,31). The Hall–Kier alpha value is -3.74. The second-order valence-corrected chi connectivity index (χ2v) is 8.99. The van der Waals surface area contributed by atoms with Gasteiger partial charge in [0.05, 0.1) is 23.4 Å². The predicted octanol–water partition coefficient (Wildman–Crippen LogP) is 7.20. The van der Waals surface area contributed by atoms with Crippen molar-refractivity contribution in [2.24, 2.45) is 0 Å². The molecule has 2 heterocycles. The molecule has 0 bridgehead atoms. The van der Waals surface area contributed by atoms with Crippen molar-refractivity contribution in [1.82, 2.24) is 4.98 Å². The third-order valence-corrected chi connectivity index (χ3v) is 6.83. The fourth-order valence-corrected chi connectivity index (χ4v) is 5.20. The Bertz CT molecular complexity index is 1560. The number of esters is 1. The van der Waals surface area contributed by atoms with Crippen LogP contribution in [0.3, 0.4) is 0 Å². The number of pyridine rings is 1. The summed E-state index contributed by atoms with van der Waals surface area (Å²) >= 11 is 7.75. The lowest BCUT2D eigenvalue weighted by atomic mass is 10.0. The van der Waals surface area contributed by atoms with E-state index in [4.69, 9.17) is 21.3 Å². The first-order valence-corrected chi connectivity index (χ1v) is 11.9. The summed E-state index contributed by atoms with van der Waals surface area (Å²) in [5.74, 6) is -0.810. The van der Waals surface area contributed by atoms with Crippen molar-refractivity contribution in [3.63, 3.8) is 0 Å². The van der Waals surface area contributed by atoms with Gasteiger partial charge in [0.15, 0.2) is 0 Å². The summed E-state index contributed by atoms with van der Waals surface area (Å²) < 4.78 is 6.16. The summed E-state index contributed by atoms with van der Waals surface area (Å²) in [4.78, 5) is 31.1. The van der Waals surface area contributed by atoms with Crippen LogP contribution in [0.1, 0.15) is 27.6 Å². The lowest BCUT2D eigenvalue weighted by Gasteiger charge is -2.11. The quantitative estimate of drug-likeness (QED) is 0.267. The summed E-state index contributed by atoms with van der Waals surface area (Å²) in [5.41, 5.74) is 2.80. The number of halogens is 1. The lowest BCUT2D eigenvalue weighted by Crippen LogP contribution is -2.15. The number of rotatable bonds is 5. The van der Waals surface area contributed by atoms with Gasteiger partial charge in [0.1, 0.15) is 10.6 Å². The molecule has 0 spiro atoms. The fraction of sp³-hybridized carbons (Fsp3) is 0.0741. The number of fused-ring (bicyclic) bond motifs is 2. The second-order valence-electron chi connectivity index (χ2n) is 7.53. The predicted molar refractivity (Wildman–Crippen MR) is 138 cm³/mol. The second kappa shape index (κ2) is 9.25. The zero-order valence-electron chi connectivity index (χ0n) is 18.2. The first kappa shape index (κ1) is 22.1. The summed E-state index contributed by atoms with van der Waals surface area (Å²) in [6.07, 6.45) is 0. The average Bonchev–Trinajstić information content (AvgIpc) is 3.21. The largest absolute Gasteiger partial charge is 0.462 e. The number of benzene rings is 3. The normalized spacial score (nSPS) is 11.0. The molecule has 1 amide bonds. The number of amides is 1. The molecule has 0 fully saturated rings. The zero-order chi connectivity index (χ0) is 23.7. The maximum absolute atomic E-state index is 13.6. The zero-order valence-corrected chi connectivity index (χ0v) is 19.7. The Balaban J connectivity index is 1.63. The molecule has 1 N–H and O–H groups in total. The van der Waals surface area contributed by atoms with Gasteiger partial charge >= 0.3 is 5.97 Å². The summed E-state index contributed by atoms with van der Waals surface area (Å²) in [7, 11) is 0. The molecule has 5 aromatic rings. The minimum atomic E-state index is -0.466. The molecule has 0 radical (unpaired) electrons. The topological polar surface area (TPSA) is 68.3 Å². The molecule has 34 heavy (non-hydrogen) atoms. The highest BCUT2D eigenvalue weighted by atomic mass is 35.5. The first-order chi connectivity index (χ1) is 16.6. The molecule has 168 valence electrons. The van der Waals surface area contributed by atoms with E-state index in [1.165, 1.54) is 11.3 Å². The van der Waals surface area contributed by atoms with Gasteiger partial charge in [-0.25, -0.2) is 9.78 Å². The monoisotopic (exact) mass is 486 g/mol. The molecule has 5 nitrogen and oxygen atoms in total. The Morgan fingerprint density at radius 3 is 2.47 bits per heavy atom. The Kier molecular flexibility index (Phi) is 6.01. The van der Waals surface area contributed by atoms with Crippen LogP contribution in [0, 0.1) is 0 Å². The molecule has 2 aromatic heterocycles.